The van der Waals surface area contributed by atoms with Gasteiger partial charge in [-0.3, -0.25) is 9.59 Å². The second-order valence-corrected chi connectivity index (χ2v) is 5.43. The summed E-state index contributed by atoms with van der Waals surface area (Å²) in [6.07, 6.45) is 6.87. The number of carbonyl (C=O) groups excluding carboxylic acids is 2. The molecule has 1 atom stereocenters. The molecule has 1 saturated carbocycles. The van der Waals surface area contributed by atoms with E-state index in [2.05, 4.69) is 5.32 Å². The molecule has 2 aliphatic rings. The van der Waals surface area contributed by atoms with Crippen LogP contribution in [0.5, 0.6) is 0 Å². The average molecular weight is 268 g/mol. The number of amides is 2. The van der Waals surface area contributed by atoms with Crippen LogP contribution in [0, 0.1) is 0 Å². The Morgan fingerprint density at radius 3 is 2.74 bits per heavy atom. The Morgan fingerprint density at radius 1 is 1.32 bits per heavy atom. The molecule has 0 bridgehead atoms. The first-order chi connectivity index (χ1) is 9.24. The third-order valence-corrected chi connectivity index (χ3v) is 4.13. The van der Waals surface area contributed by atoms with Crippen LogP contribution in [0.3, 0.4) is 0 Å². The minimum absolute atomic E-state index is 0.0199. The van der Waals surface area contributed by atoms with Crippen LogP contribution in [-0.4, -0.2) is 49.1 Å². The molecule has 0 aromatic carbocycles. The minimum Gasteiger partial charge on any atom is -0.383 e. The first-order valence-electron chi connectivity index (χ1n) is 7.32. The molecule has 2 fully saturated rings. The number of rotatable bonds is 5. The molecule has 1 N–H and O–H groups in total. The first kappa shape index (κ1) is 14.3. The van der Waals surface area contributed by atoms with E-state index in [1.165, 1.54) is 19.3 Å². The summed E-state index contributed by atoms with van der Waals surface area (Å²) in [5.41, 5.74) is 0. The summed E-state index contributed by atoms with van der Waals surface area (Å²) in [5.74, 6) is 0.132. The maximum Gasteiger partial charge on any atom is 0.242 e. The van der Waals surface area contributed by atoms with Gasteiger partial charge in [-0.15, -0.1) is 0 Å². The highest BCUT2D eigenvalue weighted by molar-refractivity contribution is 5.91. The molecule has 2 rings (SSSR count). The maximum atomic E-state index is 12.2. The van der Waals surface area contributed by atoms with E-state index in [0.717, 1.165) is 12.8 Å². The van der Waals surface area contributed by atoms with Crippen molar-refractivity contribution in [2.24, 2.45) is 0 Å². The molecular formula is C14H24N2O3. The zero-order valence-electron chi connectivity index (χ0n) is 11.7. The maximum absolute atomic E-state index is 12.2. The van der Waals surface area contributed by atoms with Gasteiger partial charge in [0, 0.05) is 26.1 Å². The van der Waals surface area contributed by atoms with Gasteiger partial charge in [-0.2, -0.15) is 0 Å². The summed E-state index contributed by atoms with van der Waals surface area (Å²) in [4.78, 5) is 26.1. The van der Waals surface area contributed by atoms with Crippen LogP contribution in [0.15, 0.2) is 0 Å². The van der Waals surface area contributed by atoms with Crippen LogP contribution in [0.2, 0.25) is 0 Å². The second-order valence-electron chi connectivity index (χ2n) is 5.43. The highest BCUT2D eigenvalue weighted by Crippen LogP contribution is 2.30. The molecule has 1 aliphatic carbocycles. The van der Waals surface area contributed by atoms with Crippen molar-refractivity contribution in [3.05, 3.63) is 0 Å². The van der Waals surface area contributed by atoms with Gasteiger partial charge in [0.05, 0.1) is 6.61 Å². The lowest BCUT2D eigenvalue weighted by Crippen LogP contribution is -2.50. The predicted molar refractivity (Wildman–Crippen MR) is 71.6 cm³/mol. The Hall–Kier alpha value is -1.10. The van der Waals surface area contributed by atoms with Crippen LogP contribution in [-0.2, 0) is 14.3 Å². The third kappa shape index (κ3) is 3.47. The van der Waals surface area contributed by atoms with Gasteiger partial charge in [0.15, 0.2) is 0 Å². The largest absolute Gasteiger partial charge is 0.383 e. The lowest BCUT2D eigenvalue weighted by atomic mass is 9.93. The SMILES string of the molecule is COCCNC(=O)C1CCC(=O)N1C1CCCCC1. The van der Waals surface area contributed by atoms with Gasteiger partial charge >= 0.3 is 0 Å². The van der Waals surface area contributed by atoms with Gasteiger partial charge in [-0.25, -0.2) is 0 Å². The Bertz CT molecular complexity index is 327. The van der Waals surface area contributed by atoms with Crippen LogP contribution in [0.1, 0.15) is 44.9 Å². The van der Waals surface area contributed by atoms with Gasteiger partial charge in [-0.05, 0) is 19.3 Å². The first-order valence-corrected chi connectivity index (χ1v) is 7.32. The van der Waals surface area contributed by atoms with Crippen molar-refractivity contribution in [3.63, 3.8) is 0 Å². The topological polar surface area (TPSA) is 58.6 Å². The third-order valence-electron chi connectivity index (χ3n) is 4.13. The predicted octanol–water partition coefficient (Wildman–Crippen LogP) is 1.07. The van der Waals surface area contributed by atoms with E-state index in [1.54, 1.807) is 7.11 Å². The number of methoxy groups -OCH3 is 1. The fourth-order valence-corrected chi connectivity index (χ4v) is 3.17. The molecule has 5 heteroatoms. The van der Waals surface area contributed by atoms with E-state index in [1.807, 2.05) is 4.90 Å². The Balaban J connectivity index is 1.94. The van der Waals surface area contributed by atoms with Gasteiger partial charge in [0.25, 0.3) is 0 Å². The fraction of sp³-hybridized carbons (Fsp3) is 0.857. The van der Waals surface area contributed by atoms with Crippen LogP contribution in [0.25, 0.3) is 0 Å². The average Bonchev–Trinajstić information content (AvgIpc) is 2.82. The summed E-state index contributed by atoms with van der Waals surface area (Å²) >= 11 is 0. The number of nitrogens with zero attached hydrogens (tertiary/aromatic N) is 1. The van der Waals surface area contributed by atoms with E-state index >= 15 is 0 Å². The summed E-state index contributed by atoms with van der Waals surface area (Å²) in [7, 11) is 1.61. The van der Waals surface area contributed by atoms with Crippen molar-refractivity contribution in [1.82, 2.24) is 10.2 Å². The Labute approximate surface area is 114 Å². The molecule has 5 nitrogen and oxygen atoms in total. The Kier molecular flexibility index (Phi) is 5.19. The molecule has 0 aromatic heterocycles. The van der Waals surface area contributed by atoms with Crippen molar-refractivity contribution >= 4 is 11.8 Å². The molecule has 1 aliphatic heterocycles. The molecule has 1 heterocycles. The molecule has 0 spiro atoms. The van der Waals surface area contributed by atoms with Crippen LogP contribution >= 0.6 is 0 Å². The number of likely N-dealkylation sites (tertiary alicyclic amines) is 1. The molecule has 19 heavy (non-hydrogen) atoms. The number of nitrogens with one attached hydrogen (secondary N) is 1. The zero-order chi connectivity index (χ0) is 13.7. The Morgan fingerprint density at radius 2 is 2.05 bits per heavy atom. The number of ether oxygens (including phenoxy) is 1. The molecular weight excluding hydrogens is 244 g/mol. The number of hydrogen-bond donors (Lipinski definition) is 1. The molecule has 1 unspecified atom stereocenters. The van der Waals surface area contributed by atoms with E-state index in [9.17, 15) is 9.59 Å². The van der Waals surface area contributed by atoms with E-state index < -0.39 is 0 Å². The second kappa shape index (κ2) is 6.89. The highest BCUT2D eigenvalue weighted by atomic mass is 16.5. The van der Waals surface area contributed by atoms with Crippen LogP contribution in [0.4, 0.5) is 0 Å². The molecule has 0 radical (unpaired) electrons. The van der Waals surface area contributed by atoms with Crippen molar-refractivity contribution < 1.29 is 14.3 Å². The van der Waals surface area contributed by atoms with Crippen molar-refractivity contribution in [2.75, 3.05) is 20.3 Å². The minimum atomic E-state index is -0.257. The van der Waals surface area contributed by atoms with E-state index in [-0.39, 0.29) is 23.9 Å². The fourth-order valence-electron chi connectivity index (χ4n) is 3.17. The molecule has 1 saturated heterocycles. The van der Waals surface area contributed by atoms with Crippen molar-refractivity contribution in [1.29, 1.82) is 0 Å². The van der Waals surface area contributed by atoms with E-state index in [0.29, 0.717) is 26.0 Å². The summed E-state index contributed by atoms with van der Waals surface area (Å²) < 4.78 is 4.92. The smallest absolute Gasteiger partial charge is 0.242 e. The van der Waals surface area contributed by atoms with E-state index in [4.69, 9.17) is 4.74 Å². The van der Waals surface area contributed by atoms with Crippen LogP contribution < -0.4 is 5.32 Å². The quantitative estimate of drug-likeness (QED) is 0.759. The van der Waals surface area contributed by atoms with Crippen molar-refractivity contribution in [2.45, 2.75) is 57.0 Å². The molecule has 108 valence electrons. The summed E-state index contributed by atoms with van der Waals surface area (Å²) in [6, 6.07) is 0.0226. The highest BCUT2D eigenvalue weighted by Gasteiger charge is 2.40. The standard InChI is InChI=1S/C14H24N2O3/c1-19-10-9-15-14(18)12-7-8-13(17)16(12)11-5-3-2-4-6-11/h11-12H,2-10H2,1H3,(H,15,18). The summed E-state index contributed by atoms with van der Waals surface area (Å²) in [5, 5.41) is 2.86. The normalized spacial score (nSPS) is 24.8. The van der Waals surface area contributed by atoms with Crippen molar-refractivity contribution in [3.8, 4) is 0 Å². The van der Waals surface area contributed by atoms with Gasteiger partial charge in [-0.1, -0.05) is 19.3 Å². The number of carbonyl (C=O) groups is 2. The summed E-state index contributed by atoms with van der Waals surface area (Å²) in [6.45, 7) is 1.02. The van der Waals surface area contributed by atoms with Gasteiger partial charge in [0.1, 0.15) is 6.04 Å². The zero-order valence-corrected chi connectivity index (χ0v) is 11.7. The van der Waals surface area contributed by atoms with Gasteiger partial charge < -0.3 is 15.0 Å². The van der Waals surface area contributed by atoms with Gasteiger partial charge in [0.2, 0.25) is 11.8 Å². The monoisotopic (exact) mass is 268 g/mol. The lowest BCUT2D eigenvalue weighted by Gasteiger charge is -2.35. The number of hydrogen-bond acceptors (Lipinski definition) is 3. The molecule has 0 aromatic rings. The lowest BCUT2D eigenvalue weighted by molar-refractivity contribution is -0.138. The molecule has 2 amide bonds.